The van der Waals surface area contributed by atoms with Crippen LogP contribution in [0.25, 0.3) is 0 Å². The Kier molecular flexibility index (Phi) is 7.04. The van der Waals surface area contributed by atoms with Crippen molar-refractivity contribution in [2.45, 2.75) is 19.8 Å². The molecule has 1 fully saturated rings. The van der Waals surface area contributed by atoms with Crippen LogP contribution < -0.4 is 24.8 Å². The van der Waals surface area contributed by atoms with Gasteiger partial charge < -0.3 is 29.5 Å². The summed E-state index contributed by atoms with van der Waals surface area (Å²) in [7, 11) is 5.06. The van der Waals surface area contributed by atoms with Crippen LogP contribution in [0.1, 0.15) is 30.1 Å². The molecule has 0 aliphatic carbocycles. The zero-order valence-corrected chi connectivity index (χ0v) is 22.1. The minimum atomic E-state index is -0.135. The SMILES string of the molecule is CCOc1cc(N2CCC(C(=O)OC)CC2)ccc1Nc1ncc2c(n1)N(C)c1ccccc1C(=O)N2C. The van der Waals surface area contributed by atoms with Gasteiger partial charge in [0, 0.05) is 38.9 Å². The molecule has 2 aromatic carbocycles. The molecule has 0 unspecified atom stereocenters. The molecular weight excluding hydrogens is 484 g/mol. The van der Waals surface area contributed by atoms with Crippen LogP contribution in [0, 0.1) is 5.92 Å². The fraction of sp³-hybridized carbons (Fsp3) is 0.357. The Balaban J connectivity index is 1.40. The Labute approximate surface area is 222 Å². The number of anilines is 6. The van der Waals surface area contributed by atoms with Crippen LogP contribution in [0.2, 0.25) is 0 Å². The largest absolute Gasteiger partial charge is 0.492 e. The van der Waals surface area contributed by atoms with E-state index in [4.69, 9.17) is 14.5 Å². The second-order valence-electron chi connectivity index (χ2n) is 9.37. The number of hydrogen-bond donors (Lipinski definition) is 1. The molecule has 0 bridgehead atoms. The lowest BCUT2D eigenvalue weighted by molar-refractivity contribution is -0.146. The summed E-state index contributed by atoms with van der Waals surface area (Å²) in [4.78, 5) is 40.0. The molecule has 1 saturated heterocycles. The topological polar surface area (TPSA) is 100 Å². The molecule has 0 saturated carbocycles. The number of rotatable bonds is 6. The lowest BCUT2D eigenvalue weighted by Crippen LogP contribution is -2.36. The van der Waals surface area contributed by atoms with E-state index in [1.807, 2.05) is 61.3 Å². The van der Waals surface area contributed by atoms with E-state index >= 15 is 0 Å². The molecule has 38 heavy (non-hydrogen) atoms. The number of hydrogen-bond acceptors (Lipinski definition) is 9. The predicted octanol–water partition coefficient (Wildman–Crippen LogP) is 4.37. The Morgan fingerprint density at radius 2 is 1.84 bits per heavy atom. The quantitative estimate of drug-likeness (QED) is 0.479. The molecule has 0 spiro atoms. The smallest absolute Gasteiger partial charge is 0.308 e. The van der Waals surface area contributed by atoms with Gasteiger partial charge in [-0.05, 0) is 44.0 Å². The molecule has 10 heteroatoms. The van der Waals surface area contributed by atoms with Crippen LogP contribution in [0.15, 0.2) is 48.7 Å². The van der Waals surface area contributed by atoms with Crippen molar-refractivity contribution in [2.24, 2.45) is 5.92 Å². The van der Waals surface area contributed by atoms with Gasteiger partial charge in [-0.15, -0.1) is 0 Å². The Morgan fingerprint density at radius 3 is 2.58 bits per heavy atom. The van der Waals surface area contributed by atoms with Gasteiger partial charge in [-0.2, -0.15) is 4.98 Å². The van der Waals surface area contributed by atoms with Crippen molar-refractivity contribution in [2.75, 3.05) is 60.9 Å². The number of carbonyl (C=O) groups is 2. The minimum Gasteiger partial charge on any atom is -0.492 e. The van der Waals surface area contributed by atoms with Crippen LogP contribution >= 0.6 is 0 Å². The van der Waals surface area contributed by atoms with Crippen LogP contribution in [-0.2, 0) is 9.53 Å². The third-order valence-electron chi connectivity index (χ3n) is 7.14. The first-order chi connectivity index (χ1) is 18.4. The van der Waals surface area contributed by atoms with E-state index < -0.39 is 0 Å². The molecule has 1 amide bonds. The number of fused-ring (bicyclic) bond motifs is 2. The van der Waals surface area contributed by atoms with E-state index in [2.05, 4.69) is 15.2 Å². The number of methoxy groups -OCH3 is 1. The highest BCUT2D eigenvalue weighted by molar-refractivity contribution is 6.13. The third kappa shape index (κ3) is 4.69. The van der Waals surface area contributed by atoms with Gasteiger partial charge in [0.15, 0.2) is 5.82 Å². The van der Waals surface area contributed by atoms with Crippen LogP contribution in [0.3, 0.4) is 0 Å². The van der Waals surface area contributed by atoms with E-state index in [0.717, 1.165) is 43.0 Å². The molecule has 1 aromatic heterocycles. The van der Waals surface area contributed by atoms with Crippen molar-refractivity contribution >= 4 is 46.4 Å². The number of amides is 1. The number of nitrogens with zero attached hydrogens (tertiary/aromatic N) is 5. The highest BCUT2D eigenvalue weighted by Gasteiger charge is 2.29. The highest BCUT2D eigenvalue weighted by Crippen LogP contribution is 2.39. The van der Waals surface area contributed by atoms with Crippen molar-refractivity contribution in [3.8, 4) is 5.75 Å². The average Bonchev–Trinajstić information content (AvgIpc) is 3.03. The molecule has 198 valence electrons. The van der Waals surface area contributed by atoms with Crippen molar-refractivity contribution in [3.05, 3.63) is 54.2 Å². The van der Waals surface area contributed by atoms with Gasteiger partial charge in [0.05, 0.1) is 42.8 Å². The fourth-order valence-electron chi connectivity index (χ4n) is 5.01. The number of esters is 1. The van der Waals surface area contributed by atoms with Crippen LogP contribution in [0.5, 0.6) is 5.75 Å². The Morgan fingerprint density at radius 1 is 1.08 bits per heavy atom. The van der Waals surface area contributed by atoms with Gasteiger partial charge in [0.1, 0.15) is 11.4 Å². The Bertz CT molecular complexity index is 1350. The lowest BCUT2D eigenvalue weighted by atomic mass is 9.96. The second kappa shape index (κ2) is 10.6. The predicted molar refractivity (Wildman–Crippen MR) is 147 cm³/mol. The monoisotopic (exact) mass is 516 g/mol. The highest BCUT2D eigenvalue weighted by atomic mass is 16.5. The maximum Gasteiger partial charge on any atom is 0.308 e. The average molecular weight is 517 g/mol. The van der Waals surface area contributed by atoms with Gasteiger partial charge in [0.2, 0.25) is 5.95 Å². The van der Waals surface area contributed by atoms with Crippen molar-refractivity contribution in [3.63, 3.8) is 0 Å². The number of piperidine rings is 1. The van der Waals surface area contributed by atoms with Gasteiger partial charge >= 0.3 is 5.97 Å². The summed E-state index contributed by atoms with van der Waals surface area (Å²) in [6.45, 7) is 3.98. The minimum absolute atomic E-state index is 0.0478. The van der Waals surface area contributed by atoms with Gasteiger partial charge in [0.25, 0.3) is 5.91 Å². The van der Waals surface area contributed by atoms with E-state index in [-0.39, 0.29) is 17.8 Å². The summed E-state index contributed by atoms with van der Waals surface area (Å²) in [6.07, 6.45) is 3.17. The number of ether oxygens (including phenoxy) is 2. The number of aromatic nitrogens is 2. The maximum atomic E-state index is 13.1. The fourth-order valence-corrected chi connectivity index (χ4v) is 5.01. The Hall–Kier alpha value is -4.34. The molecule has 10 nitrogen and oxygen atoms in total. The summed E-state index contributed by atoms with van der Waals surface area (Å²) < 4.78 is 10.9. The van der Waals surface area contributed by atoms with E-state index in [1.54, 1.807) is 18.1 Å². The first-order valence-electron chi connectivity index (χ1n) is 12.8. The lowest BCUT2D eigenvalue weighted by Gasteiger charge is -2.32. The summed E-state index contributed by atoms with van der Waals surface area (Å²) >= 11 is 0. The normalized spacial score (nSPS) is 15.5. The first kappa shape index (κ1) is 25.3. The summed E-state index contributed by atoms with van der Waals surface area (Å²) in [5.74, 6) is 1.40. The van der Waals surface area contributed by atoms with E-state index in [9.17, 15) is 9.59 Å². The molecule has 5 rings (SSSR count). The zero-order chi connectivity index (χ0) is 26.8. The number of carbonyl (C=O) groups excluding carboxylic acids is 2. The molecule has 3 heterocycles. The van der Waals surface area contributed by atoms with Crippen molar-refractivity contribution in [1.82, 2.24) is 9.97 Å². The first-order valence-corrected chi connectivity index (χ1v) is 12.8. The number of para-hydroxylation sites is 1. The third-order valence-corrected chi connectivity index (χ3v) is 7.14. The van der Waals surface area contributed by atoms with Crippen molar-refractivity contribution < 1.29 is 19.1 Å². The molecule has 3 aromatic rings. The zero-order valence-electron chi connectivity index (χ0n) is 22.1. The van der Waals surface area contributed by atoms with Crippen LogP contribution in [0.4, 0.5) is 34.5 Å². The van der Waals surface area contributed by atoms with E-state index in [0.29, 0.717) is 35.4 Å². The summed E-state index contributed by atoms with van der Waals surface area (Å²) in [6, 6.07) is 13.5. The number of benzene rings is 2. The van der Waals surface area contributed by atoms with Crippen molar-refractivity contribution in [1.29, 1.82) is 0 Å². The van der Waals surface area contributed by atoms with Crippen LogP contribution in [-0.4, -0.2) is 62.7 Å². The van der Waals surface area contributed by atoms with Gasteiger partial charge in [-0.25, -0.2) is 4.98 Å². The standard InChI is InChI=1S/C28H32N6O4/c1-5-38-24-16-19(34-14-12-18(13-15-34)27(36)37-4)10-11-21(24)30-28-29-17-23-25(31-28)32(2)22-9-7-6-8-20(22)26(35)33(23)3/h6-11,16-18H,5,12-15H2,1-4H3,(H,29,30,31). The second-order valence-corrected chi connectivity index (χ2v) is 9.37. The molecule has 2 aliphatic heterocycles. The maximum absolute atomic E-state index is 13.1. The van der Waals surface area contributed by atoms with Gasteiger partial charge in [-0.1, -0.05) is 12.1 Å². The molecule has 0 atom stereocenters. The molecule has 1 N–H and O–H groups in total. The summed E-state index contributed by atoms with van der Waals surface area (Å²) in [5, 5.41) is 3.30. The molecular formula is C28H32N6O4. The summed E-state index contributed by atoms with van der Waals surface area (Å²) in [5.41, 5.74) is 3.77. The number of nitrogens with one attached hydrogen (secondary N) is 1. The molecule has 0 radical (unpaired) electrons. The van der Waals surface area contributed by atoms with E-state index in [1.165, 1.54) is 7.11 Å². The molecule has 2 aliphatic rings. The van der Waals surface area contributed by atoms with Gasteiger partial charge in [-0.3, -0.25) is 9.59 Å².